The van der Waals surface area contributed by atoms with Crippen LogP contribution in [0.3, 0.4) is 0 Å². The summed E-state index contributed by atoms with van der Waals surface area (Å²) < 4.78 is 0. The Balaban J connectivity index is 2.83. The topological polar surface area (TPSA) is 55.1 Å². The first-order valence-electron chi connectivity index (χ1n) is 3.59. The molecule has 0 saturated heterocycles. The van der Waals surface area contributed by atoms with Crippen molar-refractivity contribution in [2.45, 2.75) is 5.25 Å². The Morgan fingerprint density at radius 3 is 2.46 bits per heavy atom. The highest BCUT2D eigenvalue weighted by atomic mass is 35.5. The highest BCUT2D eigenvalue weighted by Crippen LogP contribution is 2.21. The van der Waals surface area contributed by atoms with Crippen molar-refractivity contribution in [1.82, 2.24) is 5.43 Å². The maximum absolute atomic E-state index is 11.1. The van der Waals surface area contributed by atoms with E-state index in [1.165, 1.54) is 0 Å². The standard InChI is InChI=1S/C8H9ClN2OS/c9-6-3-1-5(2-4-6)7(13)8(12)11-10/h1-4,7,13H,10H2,(H,11,12). The first-order valence-corrected chi connectivity index (χ1v) is 4.48. The molecule has 0 aliphatic rings. The predicted octanol–water partition coefficient (Wildman–Crippen LogP) is 1.30. The molecule has 0 aliphatic carbocycles. The van der Waals surface area contributed by atoms with Gasteiger partial charge in [-0.1, -0.05) is 23.7 Å². The van der Waals surface area contributed by atoms with Crippen LogP contribution in [0.15, 0.2) is 24.3 Å². The molecule has 0 aliphatic heterocycles. The van der Waals surface area contributed by atoms with Gasteiger partial charge in [0.2, 0.25) is 0 Å². The Bertz CT molecular complexity index is 302. The van der Waals surface area contributed by atoms with Gasteiger partial charge in [0.25, 0.3) is 5.91 Å². The molecule has 1 amide bonds. The molecule has 70 valence electrons. The number of carbonyl (C=O) groups excluding carboxylic acids is 1. The molecule has 0 bridgehead atoms. The number of nitrogens with two attached hydrogens (primary N) is 1. The SMILES string of the molecule is NNC(=O)C(S)c1ccc(Cl)cc1. The first-order chi connectivity index (χ1) is 6.15. The van der Waals surface area contributed by atoms with Crippen LogP contribution in [0.25, 0.3) is 0 Å². The van der Waals surface area contributed by atoms with Crippen LogP contribution in [0.4, 0.5) is 0 Å². The van der Waals surface area contributed by atoms with Gasteiger partial charge in [0.15, 0.2) is 0 Å². The summed E-state index contributed by atoms with van der Waals surface area (Å²) in [6.07, 6.45) is 0. The van der Waals surface area contributed by atoms with Crippen LogP contribution in [-0.4, -0.2) is 5.91 Å². The second-order valence-electron chi connectivity index (χ2n) is 2.46. The summed E-state index contributed by atoms with van der Waals surface area (Å²) in [7, 11) is 0. The van der Waals surface area contributed by atoms with Gasteiger partial charge in [-0.2, -0.15) is 12.6 Å². The first kappa shape index (κ1) is 10.4. The third-order valence-corrected chi connectivity index (χ3v) is 2.36. The van der Waals surface area contributed by atoms with Crippen LogP contribution in [0, 0.1) is 0 Å². The molecule has 1 aromatic rings. The van der Waals surface area contributed by atoms with E-state index in [2.05, 4.69) is 12.6 Å². The molecule has 0 spiro atoms. The van der Waals surface area contributed by atoms with Crippen LogP contribution in [-0.2, 0) is 4.79 Å². The minimum Gasteiger partial charge on any atom is -0.293 e. The van der Waals surface area contributed by atoms with Gasteiger partial charge >= 0.3 is 0 Å². The maximum atomic E-state index is 11.1. The number of rotatable bonds is 2. The zero-order chi connectivity index (χ0) is 9.84. The number of hydrogen-bond donors (Lipinski definition) is 3. The molecule has 1 unspecified atom stereocenters. The van der Waals surface area contributed by atoms with E-state index in [0.29, 0.717) is 5.02 Å². The lowest BCUT2D eigenvalue weighted by atomic mass is 10.1. The lowest BCUT2D eigenvalue weighted by molar-refractivity contribution is -0.120. The molecule has 0 aromatic heterocycles. The van der Waals surface area contributed by atoms with E-state index in [9.17, 15) is 4.79 Å². The minimum atomic E-state index is -0.553. The second kappa shape index (κ2) is 4.50. The molecule has 0 heterocycles. The number of amides is 1. The van der Waals surface area contributed by atoms with Gasteiger partial charge in [-0.25, -0.2) is 5.84 Å². The number of hydrogen-bond acceptors (Lipinski definition) is 3. The Kier molecular flexibility index (Phi) is 3.59. The van der Waals surface area contributed by atoms with Gasteiger partial charge in [0.1, 0.15) is 5.25 Å². The van der Waals surface area contributed by atoms with E-state index in [1.54, 1.807) is 24.3 Å². The monoisotopic (exact) mass is 216 g/mol. The summed E-state index contributed by atoms with van der Waals surface area (Å²) in [5.41, 5.74) is 2.79. The van der Waals surface area contributed by atoms with Crippen LogP contribution in [0.2, 0.25) is 5.02 Å². The number of thiol groups is 1. The van der Waals surface area contributed by atoms with E-state index < -0.39 is 5.25 Å². The van der Waals surface area contributed by atoms with Crippen molar-refractivity contribution >= 4 is 30.1 Å². The quantitative estimate of drug-likeness (QED) is 0.302. The van der Waals surface area contributed by atoms with Gasteiger partial charge in [0.05, 0.1) is 0 Å². The van der Waals surface area contributed by atoms with E-state index in [0.717, 1.165) is 5.56 Å². The van der Waals surface area contributed by atoms with E-state index in [4.69, 9.17) is 17.4 Å². The Morgan fingerprint density at radius 1 is 1.46 bits per heavy atom. The fourth-order valence-corrected chi connectivity index (χ4v) is 1.25. The number of hydrazine groups is 1. The third-order valence-electron chi connectivity index (χ3n) is 1.58. The average Bonchev–Trinajstić information content (AvgIpc) is 2.17. The minimum absolute atomic E-state index is 0.342. The zero-order valence-electron chi connectivity index (χ0n) is 6.70. The molecule has 0 saturated carbocycles. The zero-order valence-corrected chi connectivity index (χ0v) is 8.35. The summed E-state index contributed by atoms with van der Waals surface area (Å²) in [5.74, 6) is 4.62. The molecule has 3 nitrogen and oxygen atoms in total. The Morgan fingerprint density at radius 2 is 2.00 bits per heavy atom. The van der Waals surface area contributed by atoms with Crippen LogP contribution >= 0.6 is 24.2 Å². The predicted molar refractivity (Wildman–Crippen MR) is 55.5 cm³/mol. The number of nitrogens with one attached hydrogen (secondary N) is 1. The summed E-state index contributed by atoms with van der Waals surface area (Å²) in [6, 6.07) is 6.86. The molecule has 3 N–H and O–H groups in total. The highest BCUT2D eigenvalue weighted by molar-refractivity contribution is 7.81. The van der Waals surface area contributed by atoms with Crippen molar-refractivity contribution in [3.05, 3.63) is 34.9 Å². The Hall–Kier alpha value is -0.710. The summed E-state index contributed by atoms with van der Waals surface area (Å²) in [4.78, 5) is 11.1. The van der Waals surface area contributed by atoms with Crippen LogP contribution < -0.4 is 11.3 Å². The maximum Gasteiger partial charge on any atom is 0.251 e. The summed E-state index contributed by atoms with van der Waals surface area (Å²) in [5, 5.41) is 0.0692. The van der Waals surface area contributed by atoms with E-state index in [-0.39, 0.29) is 5.91 Å². The van der Waals surface area contributed by atoms with Gasteiger partial charge in [0, 0.05) is 5.02 Å². The summed E-state index contributed by atoms with van der Waals surface area (Å²) >= 11 is 9.77. The molecule has 0 radical (unpaired) electrons. The highest BCUT2D eigenvalue weighted by Gasteiger charge is 2.13. The van der Waals surface area contributed by atoms with Gasteiger partial charge in [-0.3, -0.25) is 10.2 Å². The molecule has 13 heavy (non-hydrogen) atoms. The van der Waals surface area contributed by atoms with Crippen LogP contribution in [0.1, 0.15) is 10.8 Å². The van der Waals surface area contributed by atoms with Crippen molar-refractivity contribution in [2.75, 3.05) is 0 Å². The number of carbonyl (C=O) groups is 1. The second-order valence-corrected chi connectivity index (χ2v) is 3.42. The largest absolute Gasteiger partial charge is 0.293 e. The fraction of sp³-hybridized carbons (Fsp3) is 0.125. The van der Waals surface area contributed by atoms with Gasteiger partial charge < -0.3 is 0 Å². The van der Waals surface area contributed by atoms with Crippen molar-refractivity contribution in [3.8, 4) is 0 Å². The van der Waals surface area contributed by atoms with E-state index >= 15 is 0 Å². The summed E-state index contributed by atoms with van der Waals surface area (Å²) in [6.45, 7) is 0. The van der Waals surface area contributed by atoms with Crippen LogP contribution in [0.5, 0.6) is 0 Å². The van der Waals surface area contributed by atoms with Gasteiger partial charge in [-0.05, 0) is 17.7 Å². The molecular formula is C8H9ClN2OS. The molecular weight excluding hydrogens is 208 g/mol. The normalized spacial score (nSPS) is 12.2. The third kappa shape index (κ3) is 2.62. The molecule has 5 heteroatoms. The van der Waals surface area contributed by atoms with Gasteiger partial charge in [-0.15, -0.1) is 0 Å². The van der Waals surface area contributed by atoms with Crippen molar-refractivity contribution < 1.29 is 4.79 Å². The van der Waals surface area contributed by atoms with Crippen molar-refractivity contribution in [1.29, 1.82) is 0 Å². The Labute approximate surface area is 86.6 Å². The molecule has 1 atom stereocenters. The van der Waals surface area contributed by atoms with Crippen molar-refractivity contribution in [2.24, 2.45) is 5.84 Å². The molecule has 1 rings (SSSR count). The van der Waals surface area contributed by atoms with E-state index in [1.807, 2.05) is 5.43 Å². The number of benzene rings is 1. The average molecular weight is 217 g/mol. The number of halogens is 1. The molecule has 0 fully saturated rings. The fourth-order valence-electron chi connectivity index (χ4n) is 0.875. The lowest BCUT2D eigenvalue weighted by Gasteiger charge is -2.08. The smallest absolute Gasteiger partial charge is 0.251 e. The lowest BCUT2D eigenvalue weighted by Crippen LogP contribution is -2.32. The van der Waals surface area contributed by atoms with Crippen molar-refractivity contribution in [3.63, 3.8) is 0 Å². The molecule has 1 aromatic carbocycles.